The van der Waals surface area contributed by atoms with Crippen molar-refractivity contribution in [3.8, 4) is 16.9 Å². The summed E-state index contributed by atoms with van der Waals surface area (Å²) in [7, 11) is 0. The van der Waals surface area contributed by atoms with E-state index in [0.29, 0.717) is 27.3 Å². The van der Waals surface area contributed by atoms with Crippen molar-refractivity contribution in [3.05, 3.63) is 70.1 Å². The molecule has 0 fully saturated rings. The van der Waals surface area contributed by atoms with Crippen LogP contribution in [0.15, 0.2) is 42.7 Å². The lowest BCUT2D eigenvalue weighted by atomic mass is 9.99. The second-order valence-electron chi connectivity index (χ2n) is 15.5. The standard InChI is InChI=1S/C37H44ClF3N4O8/c1-20(25-15-24(38)11-12-26(25)37(39,40)41)50-28-14-22(17-43-30(28)45(32(48)52-35(5,6)7)33(49)53-36(8,9)10)21-13-23-18-44(31(47)51-34(2,3)4)19-27(46)29(23)42-16-21/h11-17,20,27,46H,18-19H2,1-10H3. The molecule has 0 aliphatic carbocycles. The van der Waals surface area contributed by atoms with Crippen LogP contribution in [-0.2, 0) is 26.9 Å². The summed E-state index contributed by atoms with van der Waals surface area (Å²) >= 11 is 6.11. The van der Waals surface area contributed by atoms with E-state index in [-0.39, 0.29) is 29.4 Å². The molecule has 1 N–H and O–H groups in total. The van der Waals surface area contributed by atoms with Gasteiger partial charge in [-0.05, 0) is 105 Å². The van der Waals surface area contributed by atoms with Crippen LogP contribution in [0.5, 0.6) is 5.75 Å². The Morgan fingerprint density at radius 1 is 0.868 bits per heavy atom. The number of imide groups is 1. The van der Waals surface area contributed by atoms with Gasteiger partial charge in [0.1, 0.15) is 29.0 Å². The van der Waals surface area contributed by atoms with Crippen LogP contribution in [0, 0.1) is 0 Å². The molecule has 0 spiro atoms. The number of carbonyl (C=O) groups excluding carboxylic acids is 3. The van der Waals surface area contributed by atoms with Gasteiger partial charge in [-0.25, -0.2) is 19.4 Å². The number of ether oxygens (including phenoxy) is 4. The molecule has 12 nitrogen and oxygen atoms in total. The van der Waals surface area contributed by atoms with Crippen LogP contribution < -0.4 is 9.64 Å². The van der Waals surface area contributed by atoms with Crippen LogP contribution in [0.3, 0.4) is 0 Å². The summed E-state index contributed by atoms with van der Waals surface area (Å²) in [5, 5.41) is 10.8. The fraction of sp³-hybridized carbons (Fsp3) is 0.486. The van der Waals surface area contributed by atoms with Crippen molar-refractivity contribution in [1.82, 2.24) is 14.9 Å². The quantitative estimate of drug-likeness (QED) is 0.250. The SMILES string of the molecule is CC(Oc1cc(-c2cnc3c(c2)CN(C(=O)OC(C)(C)C)CC3O)cnc1N(C(=O)OC(C)(C)C)C(=O)OC(C)(C)C)c1cc(Cl)ccc1C(F)(F)F. The average molecular weight is 765 g/mol. The first kappa shape index (κ1) is 41.1. The number of aliphatic hydroxyl groups excluding tert-OH is 1. The molecule has 1 aliphatic rings. The molecule has 0 radical (unpaired) electrons. The number of anilines is 1. The minimum atomic E-state index is -4.77. The van der Waals surface area contributed by atoms with Crippen molar-refractivity contribution in [2.24, 2.45) is 0 Å². The number of halogens is 4. The summed E-state index contributed by atoms with van der Waals surface area (Å²) in [5.74, 6) is -0.731. The molecule has 53 heavy (non-hydrogen) atoms. The van der Waals surface area contributed by atoms with Crippen LogP contribution in [0.1, 0.15) is 104 Å². The third-order valence-electron chi connectivity index (χ3n) is 7.31. The Kier molecular flexibility index (Phi) is 11.7. The van der Waals surface area contributed by atoms with E-state index in [1.165, 1.54) is 30.3 Å². The monoisotopic (exact) mass is 764 g/mol. The first-order valence-corrected chi connectivity index (χ1v) is 17.0. The van der Waals surface area contributed by atoms with E-state index in [1.54, 1.807) is 68.4 Å². The van der Waals surface area contributed by atoms with Crippen molar-refractivity contribution < 1.29 is 51.6 Å². The lowest BCUT2D eigenvalue weighted by Crippen LogP contribution is -2.44. The highest BCUT2D eigenvalue weighted by molar-refractivity contribution is 6.30. The Labute approximate surface area is 311 Å². The molecule has 3 amide bonds. The lowest BCUT2D eigenvalue weighted by molar-refractivity contribution is -0.139. The maximum atomic E-state index is 14.1. The Morgan fingerprint density at radius 2 is 1.42 bits per heavy atom. The highest BCUT2D eigenvalue weighted by Crippen LogP contribution is 2.41. The van der Waals surface area contributed by atoms with Gasteiger partial charge in [-0.1, -0.05) is 11.6 Å². The van der Waals surface area contributed by atoms with Gasteiger partial charge in [-0.3, -0.25) is 4.98 Å². The Hall–Kier alpha value is -4.63. The molecule has 0 saturated carbocycles. The van der Waals surface area contributed by atoms with Gasteiger partial charge in [0.15, 0.2) is 11.6 Å². The number of alkyl halides is 3. The third kappa shape index (κ3) is 10.7. The first-order chi connectivity index (χ1) is 24.2. The molecule has 2 atom stereocenters. The number of nitrogens with zero attached hydrogens (tertiary/aromatic N) is 4. The average Bonchev–Trinajstić information content (AvgIpc) is 2.98. The molecule has 3 heterocycles. The molecule has 0 bridgehead atoms. The van der Waals surface area contributed by atoms with E-state index in [9.17, 15) is 32.7 Å². The van der Waals surface area contributed by atoms with Gasteiger partial charge in [0.25, 0.3) is 0 Å². The predicted molar refractivity (Wildman–Crippen MR) is 190 cm³/mol. The number of benzene rings is 1. The minimum Gasteiger partial charge on any atom is -0.482 e. The summed E-state index contributed by atoms with van der Waals surface area (Å²) in [6, 6.07) is 6.07. The molecule has 2 aromatic heterocycles. The first-order valence-electron chi connectivity index (χ1n) is 16.7. The zero-order valence-electron chi connectivity index (χ0n) is 31.2. The second-order valence-corrected chi connectivity index (χ2v) is 15.9. The lowest BCUT2D eigenvalue weighted by Gasteiger charge is -2.33. The second kappa shape index (κ2) is 15.0. The number of amides is 3. The highest BCUT2D eigenvalue weighted by atomic mass is 35.5. The fourth-order valence-electron chi connectivity index (χ4n) is 5.23. The Balaban J connectivity index is 1.87. The summed E-state index contributed by atoms with van der Waals surface area (Å²) in [4.78, 5) is 50.7. The number of aromatic nitrogens is 2. The van der Waals surface area contributed by atoms with E-state index < -0.39 is 64.8 Å². The van der Waals surface area contributed by atoms with Crippen molar-refractivity contribution in [3.63, 3.8) is 0 Å². The van der Waals surface area contributed by atoms with E-state index in [4.69, 9.17) is 30.5 Å². The molecule has 16 heteroatoms. The van der Waals surface area contributed by atoms with Crippen LogP contribution in [0.2, 0.25) is 5.02 Å². The summed E-state index contributed by atoms with van der Waals surface area (Å²) in [6.45, 7) is 16.0. The molecule has 1 aliphatic heterocycles. The molecule has 1 aromatic carbocycles. The van der Waals surface area contributed by atoms with Gasteiger partial charge in [0, 0.05) is 34.1 Å². The van der Waals surface area contributed by atoms with E-state index in [0.717, 1.165) is 18.2 Å². The smallest absolute Gasteiger partial charge is 0.425 e. The van der Waals surface area contributed by atoms with Crippen LogP contribution in [-0.4, -0.2) is 61.6 Å². The van der Waals surface area contributed by atoms with Gasteiger partial charge in [0.2, 0.25) is 0 Å². The van der Waals surface area contributed by atoms with Gasteiger partial charge in [-0.15, -0.1) is 0 Å². The summed E-state index contributed by atoms with van der Waals surface area (Å²) in [6.07, 6.45) is -7.52. The van der Waals surface area contributed by atoms with Crippen molar-refractivity contribution in [2.45, 2.75) is 111 Å². The number of carbonyl (C=O) groups is 3. The van der Waals surface area contributed by atoms with Gasteiger partial charge < -0.3 is 29.0 Å². The predicted octanol–water partition coefficient (Wildman–Crippen LogP) is 9.42. The number of hydrogen-bond acceptors (Lipinski definition) is 10. The molecule has 2 unspecified atom stereocenters. The van der Waals surface area contributed by atoms with Gasteiger partial charge in [0.05, 0.1) is 24.3 Å². The zero-order valence-corrected chi connectivity index (χ0v) is 32.0. The largest absolute Gasteiger partial charge is 0.482 e. The number of aliphatic hydroxyl groups is 1. The normalized spacial score (nSPS) is 15.6. The Morgan fingerprint density at radius 3 is 1.96 bits per heavy atom. The number of fused-ring (bicyclic) bond motifs is 1. The molecular formula is C37H44ClF3N4O8. The maximum Gasteiger partial charge on any atom is 0.425 e. The van der Waals surface area contributed by atoms with Crippen LogP contribution in [0.25, 0.3) is 11.1 Å². The van der Waals surface area contributed by atoms with E-state index >= 15 is 0 Å². The summed E-state index contributed by atoms with van der Waals surface area (Å²) in [5.41, 5.74) is -2.75. The number of rotatable bonds is 5. The topological polar surface area (TPSA) is 141 Å². The van der Waals surface area contributed by atoms with E-state index in [1.807, 2.05) is 0 Å². The number of β-amino-alcohol motifs (C(OH)–C–C–N with tert-alkyl or cyclic N) is 1. The van der Waals surface area contributed by atoms with Crippen LogP contribution in [0.4, 0.5) is 33.4 Å². The van der Waals surface area contributed by atoms with Crippen molar-refractivity contribution >= 4 is 35.7 Å². The number of pyridine rings is 2. The van der Waals surface area contributed by atoms with E-state index in [2.05, 4.69) is 9.97 Å². The van der Waals surface area contributed by atoms with Gasteiger partial charge in [-0.2, -0.15) is 18.1 Å². The molecule has 4 rings (SSSR count). The van der Waals surface area contributed by atoms with Crippen molar-refractivity contribution in [2.75, 3.05) is 11.4 Å². The fourth-order valence-corrected chi connectivity index (χ4v) is 5.41. The Bertz CT molecular complexity index is 1840. The molecule has 288 valence electrons. The minimum absolute atomic E-state index is 0.0161. The zero-order chi connectivity index (χ0) is 39.8. The summed E-state index contributed by atoms with van der Waals surface area (Å²) < 4.78 is 65.0. The molecular weight excluding hydrogens is 721 g/mol. The maximum absolute atomic E-state index is 14.1. The highest BCUT2D eigenvalue weighted by Gasteiger charge is 2.38. The third-order valence-corrected chi connectivity index (χ3v) is 7.55. The van der Waals surface area contributed by atoms with Gasteiger partial charge >= 0.3 is 24.5 Å². The van der Waals surface area contributed by atoms with Crippen molar-refractivity contribution in [1.29, 1.82) is 0 Å². The van der Waals surface area contributed by atoms with Crippen LogP contribution >= 0.6 is 11.6 Å². The number of hydrogen-bond donors (Lipinski definition) is 1. The molecule has 0 saturated heterocycles. The molecule has 3 aromatic rings.